The molecule has 1 saturated heterocycles. The van der Waals surface area contributed by atoms with E-state index in [-0.39, 0.29) is 35.9 Å². The summed E-state index contributed by atoms with van der Waals surface area (Å²) in [5, 5.41) is 25.1. The summed E-state index contributed by atoms with van der Waals surface area (Å²) in [6.07, 6.45) is 0.478. The number of amides is 1. The van der Waals surface area contributed by atoms with E-state index < -0.39 is 25.1 Å². The van der Waals surface area contributed by atoms with Crippen molar-refractivity contribution in [1.82, 2.24) is 9.88 Å². The number of carboxylic acid groups (broad SMARTS) is 1. The minimum Gasteiger partial charge on any atom is -0.535 e. The summed E-state index contributed by atoms with van der Waals surface area (Å²) in [4.78, 5) is 34.9. The highest BCUT2D eigenvalue weighted by Gasteiger charge is 2.37. The monoisotopic (exact) mass is 446 g/mol. The first-order chi connectivity index (χ1) is 14.9. The van der Waals surface area contributed by atoms with Gasteiger partial charge in [-0.3, -0.25) is 4.79 Å². The molecule has 31 heavy (non-hydrogen) atoms. The fourth-order valence-corrected chi connectivity index (χ4v) is 3.95. The summed E-state index contributed by atoms with van der Waals surface area (Å²) in [6.45, 7) is 0.446. The summed E-state index contributed by atoms with van der Waals surface area (Å²) >= 11 is 1.18. The van der Waals surface area contributed by atoms with Gasteiger partial charge in [-0.15, -0.1) is 11.3 Å². The molecule has 0 unspecified atom stereocenters. The first-order valence-electron chi connectivity index (χ1n) is 9.39. The van der Waals surface area contributed by atoms with E-state index in [9.17, 15) is 19.7 Å². The number of fused-ring (bicyclic) bond motifs is 1. The van der Waals surface area contributed by atoms with Crippen LogP contribution in [0.3, 0.4) is 0 Å². The topological polar surface area (TPSA) is 157 Å². The van der Waals surface area contributed by atoms with Crippen molar-refractivity contribution in [3.8, 4) is 11.5 Å². The van der Waals surface area contributed by atoms with Gasteiger partial charge in [0.15, 0.2) is 10.8 Å². The Kier molecular flexibility index (Phi) is 5.70. The van der Waals surface area contributed by atoms with Gasteiger partial charge in [-0.05, 0) is 24.4 Å². The number of thiazole rings is 1. The van der Waals surface area contributed by atoms with E-state index in [1.165, 1.54) is 23.3 Å². The molecule has 13 heteroatoms. The molecule has 162 valence electrons. The molecule has 0 spiro atoms. The second-order valence-corrected chi connectivity index (χ2v) is 7.88. The maximum Gasteiger partial charge on any atom is 0.522 e. The highest BCUT2D eigenvalue weighted by Crippen LogP contribution is 2.37. The number of nitrogens with zero attached hydrogens (tertiary/aromatic N) is 3. The van der Waals surface area contributed by atoms with Gasteiger partial charge < -0.3 is 35.0 Å². The van der Waals surface area contributed by atoms with Crippen LogP contribution in [-0.4, -0.2) is 71.0 Å². The Morgan fingerprint density at radius 2 is 2.19 bits per heavy atom. The third kappa shape index (κ3) is 4.14. The number of likely N-dealkylation sites (tertiary alicyclic amines) is 1. The lowest BCUT2D eigenvalue weighted by atomic mass is 9.78. The Bertz CT molecular complexity index is 1050. The molecule has 0 bridgehead atoms. The van der Waals surface area contributed by atoms with Crippen LogP contribution in [0.1, 0.15) is 21.6 Å². The number of aromatic nitrogens is 1. The van der Waals surface area contributed by atoms with Crippen molar-refractivity contribution < 1.29 is 33.9 Å². The Labute approximate surface area is 181 Å². The molecular weight excluding hydrogens is 427 g/mol. The molecule has 1 amide bonds. The molecule has 0 aliphatic carbocycles. The van der Waals surface area contributed by atoms with Crippen molar-refractivity contribution >= 4 is 41.2 Å². The predicted octanol–water partition coefficient (Wildman–Crippen LogP) is 0.479. The zero-order chi connectivity index (χ0) is 22.1. The molecule has 0 atom stereocenters. The van der Waals surface area contributed by atoms with Crippen molar-refractivity contribution in [2.75, 3.05) is 25.9 Å². The number of carbonyl (C=O) groups excluding carboxylic acids is 1. The number of nitrogens with two attached hydrogens (primary N) is 1. The number of hydrogen-bond acceptors (Lipinski definition) is 10. The average molecular weight is 446 g/mol. The van der Waals surface area contributed by atoms with E-state index in [0.29, 0.717) is 29.1 Å². The van der Waals surface area contributed by atoms with Crippen molar-refractivity contribution in [3.63, 3.8) is 0 Å². The fraction of sp³-hybridized carbons (Fsp3) is 0.333. The van der Waals surface area contributed by atoms with E-state index in [4.69, 9.17) is 20.0 Å². The van der Waals surface area contributed by atoms with Gasteiger partial charge in [0, 0.05) is 5.38 Å². The molecule has 0 radical (unpaired) electrons. The number of hydrogen-bond donors (Lipinski definition) is 3. The van der Waals surface area contributed by atoms with E-state index in [1.807, 2.05) is 0 Å². The molecule has 11 nitrogen and oxygen atoms in total. The summed E-state index contributed by atoms with van der Waals surface area (Å²) < 4.78 is 11.2. The van der Waals surface area contributed by atoms with Gasteiger partial charge in [-0.2, -0.15) is 0 Å². The van der Waals surface area contributed by atoms with E-state index in [2.05, 4.69) is 10.1 Å². The lowest BCUT2D eigenvalue weighted by Crippen LogP contribution is -2.58. The van der Waals surface area contributed by atoms with Crippen molar-refractivity contribution in [2.24, 2.45) is 5.16 Å². The summed E-state index contributed by atoms with van der Waals surface area (Å²) in [6, 6.07) is 3.30. The van der Waals surface area contributed by atoms with Crippen LogP contribution in [0.25, 0.3) is 0 Å². The molecule has 4 rings (SSSR count). The van der Waals surface area contributed by atoms with E-state index >= 15 is 0 Å². The smallest absolute Gasteiger partial charge is 0.522 e. The largest absolute Gasteiger partial charge is 0.535 e. The number of oxime groups is 1. The second-order valence-electron chi connectivity index (χ2n) is 6.99. The number of carboxylic acids is 1. The zero-order valence-electron chi connectivity index (χ0n) is 16.5. The van der Waals surface area contributed by atoms with Crippen molar-refractivity contribution in [2.45, 2.75) is 18.8 Å². The Morgan fingerprint density at radius 1 is 1.42 bits per heavy atom. The van der Waals surface area contributed by atoms with Crippen LogP contribution in [0.5, 0.6) is 11.5 Å². The molecule has 1 aromatic heterocycles. The summed E-state index contributed by atoms with van der Waals surface area (Å²) in [5.41, 5.74) is 6.53. The predicted molar refractivity (Wildman–Crippen MR) is 112 cm³/mol. The molecule has 0 saturated carbocycles. The number of aryl methyl sites for hydroxylation is 1. The van der Waals surface area contributed by atoms with Gasteiger partial charge in [0.1, 0.15) is 36.0 Å². The third-order valence-electron chi connectivity index (χ3n) is 4.91. The standard InChI is InChI=1S/C18H19BN4O7S/c1-28-22-14(11-8-31-18(20)21-11)16(24)23-6-10(7-23)29-12-3-2-9-4-5-19(27)30-15(9)13(12)17(25)26/h2-3,8,10,27H,4-7H2,1H3,(H2,20,21)(H,25,26). The molecule has 2 aliphatic heterocycles. The second kappa shape index (κ2) is 8.43. The SMILES string of the molecule is CON=C(C(=O)N1CC(Oc2ccc3c(c2C(=O)O)OB(O)CC3)C1)c1csc(N)n1. The molecular formula is C18H19BN4O7S. The molecule has 1 aromatic carbocycles. The van der Waals surface area contributed by atoms with Crippen LogP contribution >= 0.6 is 11.3 Å². The number of ether oxygens (including phenoxy) is 1. The van der Waals surface area contributed by atoms with Gasteiger partial charge in [0.05, 0.1) is 13.1 Å². The minimum absolute atomic E-state index is 0.0243. The van der Waals surface area contributed by atoms with Crippen molar-refractivity contribution in [3.05, 3.63) is 34.3 Å². The van der Waals surface area contributed by atoms with E-state index in [1.54, 1.807) is 17.5 Å². The van der Waals surface area contributed by atoms with Gasteiger partial charge in [0.2, 0.25) is 0 Å². The number of carbonyl (C=O) groups is 2. The average Bonchev–Trinajstić information content (AvgIpc) is 3.13. The normalized spacial score (nSPS) is 16.3. The zero-order valence-corrected chi connectivity index (χ0v) is 17.3. The number of nitrogen functional groups attached to an aromatic ring is 1. The quantitative estimate of drug-likeness (QED) is 0.326. The van der Waals surface area contributed by atoms with Gasteiger partial charge in [-0.25, -0.2) is 9.78 Å². The molecule has 1 fully saturated rings. The van der Waals surface area contributed by atoms with Crippen LogP contribution in [0.4, 0.5) is 5.13 Å². The molecule has 2 aliphatic rings. The number of anilines is 1. The highest BCUT2D eigenvalue weighted by atomic mass is 32.1. The Hall–Kier alpha value is -3.32. The number of benzene rings is 1. The first-order valence-corrected chi connectivity index (χ1v) is 10.3. The number of rotatable bonds is 6. The van der Waals surface area contributed by atoms with Gasteiger partial charge in [0.25, 0.3) is 5.91 Å². The maximum atomic E-state index is 12.8. The Balaban J connectivity index is 1.46. The van der Waals surface area contributed by atoms with Crippen LogP contribution in [0.15, 0.2) is 22.7 Å². The van der Waals surface area contributed by atoms with Gasteiger partial charge >= 0.3 is 13.1 Å². The first kappa shape index (κ1) is 20.9. The maximum absolute atomic E-state index is 12.8. The van der Waals surface area contributed by atoms with Crippen LogP contribution < -0.4 is 15.1 Å². The molecule has 2 aromatic rings. The fourth-order valence-electron chi connectivity index (χ4n) is 3.40. The van der Waals surface area contributed by atoms with E-state index in [0.717, 1.165) is 0 Å². The molecule has 4 N–H and O–H groups in total. The van der Waals surface area contributed by atoms with Gasteiger partial charge in [-0.1, -0.05) is 11.2 Å². The van der Waals surface area contributed by atoms with Crippen LogP contribution in [0, 0.1) is 0 Å². The highest BCUT2D eigenvalue weighted by molar-refractivity contribution is 7.13. The summed E-state index contributed by atoms with van der Waals surface area (Å²) in [5.74, 6) is -1.38. The third-order valence-corrected chi connectivity index (χ3v) is 5.58. The van der Waals surface area contributed by atoms with Crippen LogP contribution in [0.2, 0.25) is 6.32 Å². The van der Waals surface area contributed by atoms with Crippen LogP contribution in [-0.2, 0) is 16.1 Å². The lowest BCUT2D eigenvalue weighted by molar-refractivity contribution is -0.132. The lowest BCUT2D eigenvalue weighted by Gasteiger charge is -2.39. The molecule has 3 heterocycles. The van der Waals surface area contributed by atoms with Crippen molar-refractivity contribution in [1.29, 1.82) is 0 Å². The minimum atomic E-state index is -1.22. The Morgan fingerprint density at radius 3 is 2.84 bits per heavy atom. The summed E-state index contributed by atoms with van der Waals surface area (Å²) in [7, 11) is 0.268. The number of aromatic carboxylic acids is 1.